The first-order valence-electron chi connectivity index (χ1n) is 4.44. The Morgan fingerprint density at radius 1 is 1.38 bits per heavy atom. The van der Waals surface area contributed by atoms with Crippen molar-refractivity contribution in [1.29, 1.82) is 0 Å². The zero-order valence-electron chi connectivity index (χ0n) is 8.63. The van der Waals surface area contributed by atoms with Gasteiger partial charge >= 0.3 is 0 Å². The maximum absolute atomic E-state index is 4.05. The van der Waals surface area contributed by atoms with Gasteiger partial charge in [0.25, 0.3) is 0 Å². The lowest BCUT2D eigenvalue weighted by Crippen LogP contribution is -2.15. The fraction of sp³-hybridized carbons (Fsp3) is 0.750. The molecule has 0 saturated carbocycles. The maximum Gasteiger partial charge on any atom is 0.224 e. The summed E-state index contributed by atoms with van der Waals surface area (Å²) in [5.41, 5.74) is 0. The van der Waals surface area contributed by atoms with Crippen LogP contribution in [0.1, 0.15) is 19.7 Å². The second kappa shape index (κ2) is 4.23. The molecule has 0 bridgehead atoms. The lowest BCUT2D eigenvalue weighted by molar-refractivity contribution is 0.706. The monoisotopic (exact) mass is 183 g/mol. The molecule has 0 amide bonds. The van der Waals surface area contributed by atoms with Crippen molar-refractivity contribution in [2.24, 2.45) is 7.05 Å². The minimum atomic E-state index is 0.380. The molecule has 1 heterocycles. The molecule has 13 heavy (non-hydrogen) atoms. The van der Waals surface area contributed by atoms with Gasteiger partial charge in [0.2, 0.25) is 5.95 Å². The third-order valence-electron chi connectivity index (χ3n) is 1.72. The average Bonchev–Trinajstić information content (AvgIpc) is 2.36. The fourth-order valence-electron chi connectivity index (χ4n) is 1.06. The molecule has 0 unspecified atom stereocenters. The normalized spacial score (nSPS) is 10.8. The molecule has 0 aromatic carbocycles. The second-order valence-corrected chi connectivity index (χ2v) is 3.33. The summed E-state index contributed by atoms with van der Waals surface area (Å²) < 4.78 is 1.95. The van der Waals surface area contributed by atoms with Crippen LogP contribution >= 0.6 is 0 Å². The van der Waals surface area contributed by atoms with Gasteiger partial charge in [0.05, 0.1) is 6.54 Å². The molecule has 0 spiro atoms. The first kappa shape index (κ1) is 9.98. The van der Waals surface area contributed by atoms with Crippen LogP contribution in [-0.4, -0.2) is 27.9 Å². The van der Waals surface area contributed by atoms with Crippen molar-refractivity contribution in [3.05, 3.63) is 5.82 Å². The third kappa shape index (κ3) is 2.42. The van der Waals surface area contributed by atoms with Gasteiger partial charge in [-0.2, -0.15) is 0 Å². The number of anilines is 1. The number of rotatable bonds is 4. The van der Waals surface area contributed by atoms with Crippen molar-refractivity contribution in [2.45, 2.75) is 26.4 Å². The minimum absolute atomic E-state index is 0.380. The van der Waals surface area contributed by atoms with Crippen LogP contribution in [0.3, 0.4) is 0 Å². The molecule has 1 aromatic rings. The summed E-state index contributed by atoms with van der Waals surface area (Å²) in [6.45, 7) is 4.89. The van der Waals surface area contributed by atoms with E-state index in [2.05, 4.69) is 34.7 Å². The molecule has 0 fully saturated rings. The van der Waals surface area contributed by atoms with Crippen molar-refractivity contribution < 1.29 is 0 Å². The van der Waals surface area contributed by atoms with Crippen molar-refractivity contribution in [3.8, 4) is 0 Å². The van der Waals surface area contributed by atoms with Crippen LogP contribution in [0.2, 0.25) is 0 Å². The SMILES string of the molecule is CNCc1nnc(NC(C)C)n1C. The van der Waals surface area contributed by atoms with Crippen LogP contribution in [0.25, 0.3) is 0 Å². The van der Waals surface area contributed by atoms with Gasteiger partial charge < -0.3 is 10.6 Å². The van der Waals surface area contributed by atoms with Crippen molar-refractivity contribution in [1.82, 2.24) is 20.1 Å². The van der Waals surface area contributed by atoms with Gasteiger partial charge in [-0.05, 0) is 20.9 Å². The molecule has 1 aromatic heterocycles. The van der Waals surface area contributed by atoms with Gasteiger partial charge in [-0.1, -0.05) is 0 Å². The van der Waals surface area contributed by atoms with Gasteiger partial charge in [0, 0.05) is 13.1 Å². The first-order valence-corrected chi connectivity index (χ1v) is 4.44. The predicted molar refractivity (Wildman–Crippen MR) is 52.5 cm³/mol. The molecule has 0 radical (unpaired) electrons. The summed E-state index contributed by atoms with van der Waals surface area (Å²) in [6, 6.07) is 0.380. The summed E-state index contributed by atoms with van der Waals surface area (Å²) in [6.07, 6.45) is 0. The van der Waals surface area contributed by atoms with Crippen molar-refractivity contribution >= 4 is 5.95 Å². The standard InChI is InChI=1S/C8H17N5/c1-6(2)10-8-12-11-7(5-9-3)13(8)4/h6,9H,5H2,1-4H3,(H,10,12). The Hall–Kier alpha value is -1.10. The van der Waals surface area contributed by atoms with Crippen LogP contribution < -0.4 is 10.6 Å². The maximum atomic E-state index is 4.05. The summed E-state index contributed by atoms with van der Waals surface area (Å²) in [5, 5.41) is 14.3. The van der Waals surface area contributed by atoms with E-state index < -0.39 is 0 Å². The molecule has 0 aliphatic heterocycles. The van der Waals surface area contributed by atoms with E-state index in [1.807, 2.05) is 18.7 Å². The van der Waals surface area contributed by atoms with Gasteiger partial charge in [0.1, 0.15) is 5.82 Å². The van der Waals surface area contributed by atoms with Crippen LogP contribution in [0.4, 0.5) is 5.95 Å². The number of nitrogens with one attached hydrogen (secondary N) is 2. The molecule has 0 atom stereocenters. The Labute approximate surface area is 78.5 Å². The number of hydrogen-bond acceptors (Lipinski definition) is 4. The largest absolute Gasteiger partial charge is 0.352 e. The smallest absolute Gasteiger partial charge is 0.224 e. The zero-order chi connectivity index (χ0) is 9.84. The van der Waals surface area contributed by atoms with Gasteiger partial charge in [-0.3, -0.25) is 4.57 Å². The summed E-state index contributed by atoms with van der Waals surface area (Å²) in [5.74, 6) is 1.76. The molecular formula is C8H17N5. The topological polar surface area (TPSA) is 54.8 Å². The molecule has 1 rings (SSSR count). The van der Waals surface area contributed by atoms with Crippen molar-refractivity contribution in [2.75, 3.05) is 12.4 Å². The molecule has 0 aliphatic rings. The Kier molecular flexibility index (Phi) is 3.25. The Morgan fingerprint density at radius 2 is 2.08 bits per heavy atom. The highest BCUT2D eigenvalue weighted by Crippen LogP contribution is 2.05. The average molecular weight is 183 g/mol. The minimum Gasteiger partial charge on any atom is -0.352 e. The molecule has 5 nitrogen and oxygen atoms in total. The Bertz CT molecular complexity index is 265. The number of aromatic nitrogens is 3. The van der Waals surface area contributed by atoms with E-state index in [-0.39, 0.29) is 0 Å². The highest BCUT2D eigenvalue weighted by atomic mass is 15.3. The van der Waals surface area contributed by atoms with E-state index in [4.69, 9.17) is 0 Å². The van der Waals surface area contributed by atoms with Crippen LogP contribution in [-0.2, 0) is 13.6 Å². The summed E-state index contributed by atoms with van der Waals surface area (Å²) in [7, 11) is 3.85. The highest BCUT2D eigenvalue weighted by molar-refractivity contribution is 5.26. The predicted octanol–water partition coefficient (Wildman–Crippen LogP) is 0.355. The molecule has 2 N–H and O–H groups in total. The highest BCUT2D eigenvalue weighted by Gasteiger charge is 2.07. The first-order chi connectivity index (χ1) is 6.15. The lowest BCUT2D eigenvalue weighted by Gasteiger charge is -2.08. The Morgan fingerprint density at radius 3 is 2.62 bits per heavy atom. The molecule has 0 saturated heterocycles. The number of hydrogen-bond donors (Lipinski definition) is 2. The lowest BCUT2D eigenvalue weighted by atomic mass is 10.4. The van der Waals surface area contributed by atoms with E-state index in [0.29, 0.717) is 6.04 Å². The van der Waals surface area contributed by atoms with Gasteiger partial charge in [-0.25, -0.2) is 0 Å². The fourth-order valence-corrected chi connectivity index (χ4v) is 1.06. The molecule has 0 aliphatic carbocycles. The third-order valence-corrected chi connectivity index (χ3v) is 1.72. The molecule has 5 heteroatoms. The van der Waals surface area contributed by atoms with Crippen LogP contribution in [0.15, 0.2) is 0 Å². The Balaban J connectivity index is 2.74. The summed E-state index contributed by atoms with van der Waals surface area (Å²) >= 11 is 0. The zero-order valence-corrected chi connectivity index (χ0v) is 8.63. The molecular weight excluding hydrogens is 166 g/mol. The second-order valence-electron chi connectivity index (χ2n) is 3.33. The van der Waals surface area contributed by atoms with Gasteiger partial charge in [-0.15, -0.1) is 10.2 Å². The molecule has 74 valence electrons. The van der Waals surface area contributed by atoms with E-state index in [1.54, 1.807) is 0 Å². The van der Waals surface area contributed by atoms with E-state index >= 15 is 0 Å². The van der Waals surface area contributed by atoms with Crippen LogP contribution in [0, 0.1) is 0 Å². The van der Waals surface area contributed by atoms with E-state index in [1.165, 1.54) is 0 Å². The number of nitrogens with zero attached hydrogens (tertiary/aromatic N) is 3. The van der Waals surface area contributed by atoms with Crippen LogP contribution in [0.5, 0.6) is 0 Å². The van der Waals surface area contributed by atoms with E-state index in [9.17, 15) is 0 Å². The van der Waals surface area contributed by atoms with Crippen molar-refractivity contribution in [3.63, 3.8) is 0 Å². The quantitative estimate of drug-likeness (QED) is 0.707. The van der Waals surface area contributed by atoms with Gasteiger partial charge in [0.15, 0.2) is 0 Å². The van der Waals surface area contributed by atoms with E-state index in [0.717, 1.165) is 18.3 Å². The summed E-state index contributed by atoms with van der Waals surface area (Å²) in [4.78, 5) is 0.